The van der Waals surface area contributed by atoms with Crippen LogP contribution in [0.3, 0.4) is 0 Å². The van der Waals surface area contributed by atoms with Gasteiger partial charge in [-0.2, -0.15) is 0 Å². The number of carbonyl (C=O) groups is 3. The summed E-state index contributed by atoms with van der Waals surface area (Å²) >= 11 is 6.90. The van der Waals surface area contributed by atoms with Gasteiger partial charge in [0.1, 0.15) is 11.4 Å². The second kappa shape index (κ2) is 11.6. The highest BCUT2D eigenvalue weighted by molar-refractivity contribution is 9.13. The highest BCUT2D eigenvalue weighted by atomic mass is 79.9. The maximum Gasteiger partial charge on any atom is 0.282 e. The first-order valence-corrected chi connectivity index (χ1v) is 12.6. The Hall–Kier alpha value is -3.70. The fourth-order valence-corrected chi connectivity index (χ4v) is 4.41. The van der Waals surface area contributed by atoms with Gasteiger partial charge in [-0.1, -0.05) is 30.3 Å². The van der Waals surface area contributed by atoms with Crippen molar-refractivity contribution in [3.63, 3.8) is 0 Å². The normalized spacial score (nSPS) is 14.1. The van der Waals surface area contributed by atoms with Gasteiger partial charge in [0, 0.05) is 4.47 Å². The number of benzene rings is 3. The fourth-order valence-electron chi connectivity index (χ4n) is 3.47. The van der Waals surface area contributed by atoms with Crippen molar-refractivity contribution >= 4 is 67.0 Å². The van der Waals surface area contributed by atoms with E-state index in [4.69, 9.17) is 9.47 Å². The molecule has 190 valence electrons. The molecule has 0 atom stereocenters. The maximum atomic E-state index is 13.8. The quantitative estimate of drug-likeness (QED) is 0.262. The Morgan fingerprint density at radius 3 is 2.46 bits per heavy atom. The number of nitrogens with zero attached hydrogens (tertiary/aromatic N) is 1. The molecule has 1 saturated heterocycles. The van der Waals surface area contributed by atoms with Crippen LogP contribution in [0, 0.1) is 5.82 Å². The standard InChI is InChI=1S/C26H20Br2FN3O5/c1-2-36-20-13-15(12-17-25(34)31-32(26(17)35)16-8-4-3-5-9-16)22(27)23(28)24(20)37-14-21(33)30-19-11-7-6-10-18(19)29/h3-13H,2,14H2,1H3,(H,30,33)(H,31,34)/b17-12-. The van der Waals surface area contributed by atoms with Crippen LogP contribution in [0.2, 0.25) is 0 Å². The molecule has 1 aliphatic rings. The molecule has 3 aromatic rings. The average Bonchev–Trinajstić information content (AvgIpc) is 3.17. The third kappa shape index (κ3) is 5.83. The third-order valence-corrected chi connectivity index (χ3v) is 7.30. The predicted molar refractivity (Wildman–Crippen MR) is 144 cm³/mol. The Bertz CT molecular complexity index is 1400. The van der Waals surface area contributed by atoms with Crippen molar-refractivity contribution < 1.29 is 28.2 Å². The Labute approximate surface area is 228 Å². The minimum absolute atomic E-state index is 0.0346. The molecule has 3 aromatic carbocycles. The largest absolute Gasteiger partial charge is 0.490 e. The number of hydrazine groups is 1. The van der Waals surface area contributed by atoms with E-state index in [1.165, 1.54) is 29.3 Å². The molecule has 37 heavy (non-hydrogen) atoms. The highest BCUT2D eigenvalue weighted by Gasteiger charge is 2.34. The SMILES string of the molecule is CCOc1cc(/C=C2/C(=O)NN(c3ccccc3)C2=O)c(Br)c(Br)c1OCC(=O)Nc1ccccc1F. The number of amides is 3. The zero-order valence-electron chi connectivity index (χ0n) is 19.4. The number of halogens is 3. The lowest BCUT2D eigenvalue weighted by Crippen LogP contribution is -2.35. The maximum absolute atomic E-state index is 13.8. The lowest BCUT2D eigenvalue weighted by atomic mass is 10.1. The van der Waals surface area contributed by atoms with E-state index in [1.807, 2.05) is 0 Å². The lowest BCUT2D eigenvalue weighted by Gasteiger charge is -2.16. The molecule has 3 amide bonds. The number of hydrogen-bond acceptors (Lipinski definition) is 5. The molecule has 8 nitrogen and oxygen atoms in total. The fraction of sp³-hybridized carbons (Fsp3) is 0.115. The van der Waals surface area contributed by atoms with E-state index in [0.717, 1.165) is 0 Å². The predicted octanol–water partition coefficient (Wildman–Crippen LogP) is 5.23. The number of rotatable bonds is 8. The van der Waals surface area contributed by atoms with E-state index >= 15 is 0 Å². The summed E-state index contributed by atoms with van der Waals surface area (Å²) in [5, 5.41) is 3.62. The summed E-state index contributed by atoms with van der Waals surface area (Å²) in [6, 6.07) is 16.1. The number of nitrogens with one attached hydrogen (secondary N) is 2. The molecule has 4 rings (SSSR count). The van der Waals surface area contributed by atoms with Gasteiger partial charge in [-0.05, 0) is 80.8 Å². The molecule has 2 N–H and O–H groups in total. The Morgan fingerprint density at radius 2 is 1.76 bits per heavy atom. The van der Waals surface area contributed by atoms with Gasteiger partial charge in [-0.15, -0.1) is 0 Å². The number of para-hydroxylation sites is 2. The van der Waals surface area contributed by atoms with E-state index in [1.54, 1.807) is 49.4 Å². The van der Waals surface area contributed by atoms with Crippen LogP contribution in [-0.4, -0.2) is 30.9 Å². The molecule has 0 unspecified atom stereocenters. The van der Waals surface area contributed by atoms with Crippen LogP contribution in [0.1, 0.15) is 12.5 Å². The zero-order valence-corrected chi connectivity index (χ0v) is 22.6. The van der Waals surface area contributed by atoms with Crippen LogP contribution in [0.15, 0.2) is 75.2 Å². The molecular weight excluding hydrogens is 613 g/mol. The van der Waals surface area contributed by atoms with Crippen molar-refractivity contribution in [1.29, 1.82) is 0 Å². The average molecular weight is 633 g/mol. The van der Waals surface area contributed by atoms with E-state index in [-0.39, 0.29) is 29.4 Å². The molecule has 11 heteroatoms. The molecule has 1 aliphatic heterocycles. The van der Waals surface area contributed by atoms with Gasteiger partial charge >= 0.3 is 0 Å². The van der Waals surface area contributed by atoms with E-state index in [0.29, 0.717) is 20.2 Å². The summed E-state index contributed by atoms with van der Waals surface area (Å²) in [4.78, 5) is 37.9. The summed E-state index contributed by atoms with van der Waals surface area (Å²) in [6.07, 6.45) is 1.44. The van der Waals surface area contributed by atoms with Crippen LogP contribution >= 0.6 is 31.9 Å². The number of anilines is 2. The van der Waals surface area contributed by atoms with Gasteiger partial charge in [0.25, 0.3) is 17.7 Å². The minimum Gasteiger partial charge on any atom is -0.490 e. The third-order valence-electron chi connectivity index (χ3n) is 5.16. The first-order chi connectivity index (χ1) is 17.8. The van der Waals surface area contributed by atoms with Gasteiger partial charge in [0.15, 0.2) is 18.1 Å². The van der Waals surface area contributed by atoms with Crippen molar-refractivity contribution in [2.45, 2.75) is 6.92 Å². The van der Waals surface area contributed by atoms with Crippen LogP contribution < -0.4 is 25.2 Å². The molecule has 0 radical (unpaired) electrons. The van der Waals surface area contributed by atoms with Crippen molar-refractivity contribution in [2.75, 3.05) is 23.5 Å². The Kier molecular flexibility index (Phi) is 8.24. The Morgan fingerprint density at radius 1 is 1.05 bits per heavy atom. The van der Waals surface area contributed by atoms with Gasteiger partial charge < -0.3 is 14.8 Å². The summed E-state index contributed by atoms with van der Waals surface area (Å²) < 4.78 is 26.1. The van der Waals surface area contributed by atoms with Gasteiger partial charge in [0.2, 0.25) is 0 Å². The summed E-state index contributed by atoms with van der Waals surface area (Å²) in [5.74, 6) is -1.72. The van der Waals surface area contributed by atoms with Crippen LogP contribution in [-0.2, 0) is 14.4 Å². The van der Waals surface area contributed by atoms with Crippen LogP contribution in [0.4, 0.5) is 15.8 Å². The monoisotopic (exact) mass is 631 g/mol. The second-order valence-electron chi connectivity index (χ2n) is 7.65. The topological polar surface area (TPSA) is 97.0 Å². The molecule has 0 saturated carbocycles. The smallest absolute Gasteiger partial charge is 0.282 e. The summed E-state index contributed by atoms with van der Waals surface area (Å²) in [5.41, 5.74) is 3.51. The van der Waals surface area contributed by atoms with Gasteiger partial charge in [0.05, 0.1) is 22.5 Å². The molecule has 0 aliphatic carbocycles. The minimum atomic E-state index is -0.573. The Balaban J connectivity index is 1.59. The van der Waals surface area contributed by atoms with Crippen molar-refractivity contribution in [1.82, 2.24) is 5.43 Å². The van der Waals surface area contributed by atoms with E-state index in [2.05, 4.69) is 42.6 Å². The lowest BCUT2D eigenvalue weighted by molar-refractivity contribution is -0.118. The van der Waals surface area contributed by atoms with Crippen molar-refractivity contribution in [3.05, 3.63) is 86.6 Å². The van der Waals surface area contributed by atoms with Crippen molar-refractivity contribution in [3.8, 4) is 11.5 Å². The van der Waals surface area contributed by atoms with Gasteiger partial charge in [-0.25, -0.2) is 9.40 Å². The van der Waals surface area contributed by atoms with E-state index in [9.17, 15) is 18.8 Å². The van der Waals surface area contributed by atoms with Gasteiger partial charge in [-0.3, -0.25) is 19.8 Å². The molecule has 0 aromatic heterocycles. The summed E-state index contributed by atoms with van der Waals surface area (Å²) in [7, 11) is 0. The highest BCUT2D eigenvalue weighted by Crippen LogP contribution is 2.44. The zero-order chi connectivity index (χ0) is 26.5. The molecule has 1 fully saturated rings. The second-order valence-corrected chi connectivity index (χ2v) is 9.23. The first kappa shape index (κ1) is 26.4. The molecular formula is C26H20Br2FN3O5. The molecule has 1 heterocycles. The van der Waals surface area contributed by atoms with E-state index < -0.39 is 30.1 Å². The molecule has 0 spiro atoms. The van der Waals surface area contributed by atoms with Crippen LogP contribution in [0.5, 0.6) is 11.5 Å². The van der Waals surface area contributed by atoms with Crippen LogP contribution in [0.25, 0.3) is 6.08 Å². The number of hydrogen-bond donors (Lipinski definition) is 2. The summed E-state index contributed by atoms with van der Waals surface area (Å²) in [6.45, 7) is 1.63. The number of carbonyl (C=O) groups excluding carboxylic acids is 3. The molecule has 0 bridgehead atoms. The first-order valence-electron chi connectivity index (χ1n) is 11.0. The van der Waals surface area contributed by atoms with Crippen molar-refractivity contribution in [2.24, 2.45) is 0 Å². The number of ether oxygens (including phenoxy) is 2.